The van der Waals surface area contributed by atoms with Gasteiger partial charge in [-0.05, 0) is 50.1 Å². The first kappa shape index (κ1) is 19.4. The molecular weight excluding hydrogens is 337 g/mol. The highest BCUT2D eigenvalue weighted by Crippen LogP contribution is 2.13. The van der Waals surface area contributed by atoms with Gasteiger partial charge < -0.3 is 14.8 Å². The van der Waals surface area contributed by atoms with E-state index in [0.717, 1.165) is 5.56 Å². The molecule has 0 bridgehead atoms. The molecule has 0 aliphatic rings. The van der Waals surface area contributed by atoms with Crippen molar-refractivity contribution < 1.29 is 23.5 Å². The summed E-state index contributed by atoms with van der Waals surface area (Å²) in [5.74, 6) is -0.889. The van der Waals surface area contributed by atoms with Gasteiger partial charge in [-0.2, -0.15) is 0 Å². The number of esters is 1. The van der Waals surface area contributed by atoms with Crippen molar-refractivity contribution in [3.05, 3.63) is 65.0 Å². The molecule has 6 heteroatoms. The third-order valence-electron chi connectivity index (χ3n) is 3.74. The second-order valence-corrected chi connectivity index (χ2v) is 6.04. The number of ether oxygens (including phenoxy) is 2. The van der Waals surface area contributed by atoms with Gasteiger partial charge in [-0.15, -0.1) is 0 Å². The second kappa shape index (κ2) is 8.99. The van der Waals surface area contributed by atoms with Gasteiger partial charge in [0.15, 0.2) is 12.7 Å². The monoisotopic (exact) mass is 359 g/mol. The molecular formula is C20H22FNO4. The number of benzene rings is 2. The lowest BCUT2D eigenvalue weighted by Crippen LogP contribution is -2.32. The Morgan fingerprint density at radius 2 is 1.81 bits per heavy atom. The van der Waals surface area contributed by atoms with Gasteiger partial charge in [0.25, 0.3) is 5.91 Å². The Kier molecular flexibility index (Phi) is 6.72. The molecule has 1 atom stereocenters. The van der Waals surface area contributed by atoms with Crippen LogP contribution in [-0.2, 0) is 20.9 Å². The summed E-state index contributed by atoms with van der Waals surface area (Å²) in [6, 6.07) is 12.0. The van der Waals surface area contributed by atoms with Crippen molar-refractivity contribution in [3.8, 4) is 5.75 Å². The molecule has 0 aromatic heterocycles. The Labute approximate surface area is 152 Å². The van der Waals surface area contributed by atoms with Crippen LogP contribution in [0.1, 0.15) is 23.6 Å². The first-order chi connectivity index (χ1) is 12.3. The topological polar surface area (TPSA) is 64.6 Å². The van der Waals surface area contributed by atoms with E-state index in [1.807, 2.05) is 19.1 Å². The van der Waals surface area contributed by atoms with Gasteiger partial charge >= 0.3 is 5.97 Å². The third-order valence-corrected chi connectivity index (χ3v) is 3.74. The van der Waals surface area contributed by atoms with Gasteiger partial charge in [-0.3, -0.25) is 4.79 Å². The van der Waals surface area contributed by atoms with Crippen LogP contribution in [0.2, 0.25) is 0 Å². The van der Waals surface area contributed by atoms with Gasteiger partial charge in [0.05, 0.1) is 0 Å². The van der Waals surface area contributed by atoms with Crippen LogP contribution in [0.15, 0.2) is 42.5 Å². The first-order valence-electron chi connectivity index (χ1n) is 8.27. The summed E-state index contributed by atoms with van der Waals surface area (Å²) in [5.41, 5.74) is 2.25. The zero-order valence-electron chi connectivity index (χ0n) is 15.0. The van der Waals surface area contributed by atoms with Crippen LogP contribution < -0.4 is 10.1 Å². The van der Waals surface area contributed by atoms with Crippen LogP contribution in [-0.4, -0.2) is 24.6 Å². The molecule has 2 rings (SSSR count). The lowest BCUT2D eigenvalue weighted by Gasteiger charge is -2.14. The average molecular weight is 359 g/mol. The molecule has 1 N–H and O–H groups in total. The van der Waals surface area contributed by atoms with Crippen LogP contribution in [0.3, 0.4) is 0 Å². The maximum Gasteiger partial charge on any atom is 0.347 e. The van der Waals surface area contributed by atoms with E-state index in [1.54, 1.807) is 38.1 Å². The van der Waals surface area contributed by atoms with Crippen LogP contribution in [0, 0.1) is 19.7 Å². The number of nitrogens with one attached hydrogen (secondary N) is 1. The lowest BCUT2D eigenvalue weighted by molar-refractivity contribution is -0.154. The molecule has 2 aromatic rings. The fourth-order valence-corrected chi connectivity index (χ4v) is 2.12. The Hall–Kier alpha value is -2.89. The summed E-state index contributed by atoms with van der Waals surface area (Å²) in [6.45, 7) is 4.90. The van der Waals surface area contributed by atoms with Crippen LogP contribution in [0.4, 0.5) is 4.39 Å². The zero-order valence-corrected chi connectivity index (χ0v) is 15.0. The van der Waals surface area contributed by atoms with Gasteiger partial charge in [-0.1, -0.05) is 29.8 Å². The van der Waals surface area contributed by atoms with Gasteiger partial charge in [0, 0.05) is 6.54 Å². The summed E-state index contributed by atoms with van der Waals surface area (Å²) >= 11 is 0. The highest BCUT2D eigenvalue weighted by atomic mass is 19.1. The number of hydrogen-bond acceptors (Lipinski definition) is 4. The summed E-state index contributed by atoms with van der Waals surface area (Å²) in [5, 5.41) is 2.57. The third kappa shape index (κ3) is 5.88. The number of hydrogen-bond donors (Lipinski definition) is 1. The highest BCUT2D eigenvalue weighted by molar-refractivity contribution is 5.81. The molecule has 0 aliphatic heterocycles. The fraction of sp³-hybridized carbons (Fsp3) is 0.300. The first-order valence-corrected chi connectivity index (χ1v) is 8.27. The lowest BCUT2D eigenvalue weighted by atomic mass is 10.1. The van der Waals surface area contributed by atoms with Crippen molar-refractivity contribution in [1.82, 2.24) is 5.32 Å². The number of carbonyl (C=O) groups excluding carboxylic acids is 2. The molecule has 26 heavy (non-hydrogen) atoms. The number of rotatable bonds is 7. The number of aryl methyl sites for hydroxylation is 2. The Balaban J connectivity index is 1.74. The predicted molar refractivity (Wildman–Crippen MR) is 95.2 cm³/mol. The molecule has 1 amide bonds. The molecule has 0 fully saturated rings. The summed E-state index contributed by atoms with van der Waals surface area (Å²) in [6.07, 6.45) is -0.836. The minimum atomic E-state index is -0.836. The van der Waals surface area contributed by atoms with Crippen molar-refractivity contribution in [2.45, 2.75) is 33.4 Å². The smallest absolute Gasteiger partial charge is 0.347 e. The molecule has 138 valence electrons. The average Bonchev–Trinajstić information content (AvgIpc) is 2.62. The van der Waals surface area contributed by atoms with E-state index in [1.165, 1.54) is 6.07 Å². The summed E-state index contributed by atoms with van der Waals surface area (Å²) < 4.78 is 23.9. The molecule has 0 saturated carbocycles. The summed E-state index contributed by atoms with van der Waals surface area (Å²) in [7, 11) is 0. The highest BCUT2D eigenvalue weighted by Gasteiger charge is 2.17. The van der Waals surface area contributed by atoms with Gasteiger partial charge in [0.1, 0.15) is 11.6 Å². The largest absolute Gasteiger partial charge is 0.479 e. The van der Waals surface area contributed by atoms with E-state index in [-0.39, 0.29) is 12.4 Å². The Morgan fingerprint density at radius 3 is 2.46 bits per heavy atom. The molecule has 0 aliphatic carbocycles. The molecule has 1 unspecified atom stereocenters. The van der Waals surface area contributed by atoms with Crippen LogP contribution in [0.25, 0.3) is 0 Å². The molecule has 2 aromatic carbocycles. The van der Waals surface area contributed by atoms with Crippen molar-refractivity contribution in [3.63, 3.8) is 0 Å². The van der Waals surface area contributed by atoms with Crippen molar-refractivity contribution in [2.24, 2.45) is 0 Å². The van der Waals surface area contributed by atoms with E-state index in [0.29, 0.717) is 16.9 Å². The second-order valence-electron chi connectivity index (χ2n) is 6.04. The molecule has 0 heterocycles. The molecule has 0 spiro atoms. The van der Waals surface area contributed by atoms with Crippen LogP contribution >= 0.6 is 0 Å². The fourth-order valence-electron chi connectivity index (χ4n) is 2.12. The van der Waals surface area contributed by atoms with E-state index in [4.69, 9.17) is 9.47 Å². The number of amides is 1. The summed E-state index contributed by atoms with van der Waals surface area (Å²) in [4.78, 5) is 23.7. The van der Waals surface area contributed by atoms with E-state index in [2.05, 4.69) is 5.32 Å². The maximum absolute atomic E-state index is 13.5. The minimum absolute atomic E-state index is 0.156. The van der Waals surface area contributed by atoms with Crippen molar-refractivity contribution in [2.75, 3.05) is 6.61 Å². The molecule has 5 nitrogen and oxygen atoms in total. The predicted octanol–water partition coefficient (Wildman–Crippen LogP) is 3.07. The van der Waals surface area contributed by atoms with Crippen molar-refractivity contribution >= 4 is 11.9 Å². The van der Waals surface area contributed by atoms with E-state index in [9.17, 15) is 14.0 Å². The number of carbonyl (C=O) groups is 2. The SMILES string of the molecule is Cc1ccc(OC(C)C(=O)OCC(=O)NCc2ccc(C)c(F)c2)cc1. The van der Waals surface area contributed by atoms with Crippen molar-refractivity contribution in [1.29, 1.82) is 0 Å². The van der Waals surface area contributed by atoms with Gasteiger partial charge in [0.2, 0.25) is 0 Å². The number of halogens is 1. The molecule has 0 saturated heterocycles. The quantitative estimate of drug-likeness (QED) is 0.772. The zero-order chi connectivity index (χ0) is 19.1. The normalized spacial score (nSPS) is 11.5. The minimum Gasteiger partial charge on any atom is -0.479 e. The van der Waals surface area contributed by atoms with E-state index >= 15 is 0 Å². The van der Waals surface area contributed by atoms with E-state index < -0.39 is 24.6 Å². The maximum atomic E-state index is 13.5. The standard InChI is InChI=1S/C20H22FNO4/c1-13-4-8-17(9-5-13)26-15(3)20(24)25-12-19(23)22-11-16-7-6-14(2)18(21)10-16/h4-10,15H,11-12H2,1-3H3,(H,22,23). The van der Waals surface area contributed by atoms with Crippen LogP contribution in [0.5, 0.6) is 5.75 Å². The van der Waals surface area contributed by atoms with Gasteiger partial charge in [-0.25, -0.2) is 9.18 Å². The Bertz CT molecular complexity index is 774. The Morgan fingerprint density at radius 1 is 1.12 bits per heavy atom. The molecule has 0 radical (unpaired) electrons.